The molecule has 2 aromatic carbocycles. The van der Waals surface area contributed by atoms with Crippen LogP contribution in [-0.4, -0.2) is 40.0 Å². The zero-order chi connectivity index (χ0) is 21.1. The summed E-state index contributed by atoms with van der Waals surface area (Å²) in [5.74, 6) is -0.657. The van der Waals surface area contributed by atoms with Crippen molar-refractivity contribution < 1.29 is 9.59 Å². The Bertz CT molecular complexity index is 1140. The normalized spacial score (nSPS) is 16.1. The van der Waals surface area contributed by atoms with Crippen molar-refractivity contribution in [3.63, 3.8) is 0 Å². The van der Waals surface area contributed by atoms with Gasteiger partial charge < -0.3 is 10.6 Å². The number of hydrogen-bond acceptors (Lipinski definition) is 4. The zero-order valence-corrected chi connectivity index (χ0v) is 16.3. The lowest BCUT2D eigenvalue weighted by Crippen LogP contribution is -2.39. The Morgan fingerprint density at radius 1 is 1.10 bits per heavy atom. The van der Waals surface area contributed by atoms with Crippen molar-refractivity contribution in [2.24, 2.45) is 5.73 Å². The second-order valence-electron chi connectivity index (χ2n) is 7.35. The molecule has 30 heavy (non-hydrogen) atoms. The van der Waals surface area contributed by atoms with Gasteiger partial charge in [-0.05, 0) is 30.5 Å². The number of hydrogen-bond donors (Lipinski definition) is 2. The number of aromatic nitrogens is 2. The van der Waals surface area contributed by atoms with E-state index in [-0.39, 0.29) is 11.8 Å². The third kappa shape index (κ3) is 3.55. The Labute approximate surface area is 174 Å². The van der Waals surface area contributed by atoms with Gasteiger partial charge in [0.1, 0.15) is 0 Å². The Hall–Kier alpha value is -3.92. The molecule has 1 fully saturated rings. The maximum atomic E-state index is 13.5. The quantitative estimate of drug-likeness (QED) is 0.701. The van der Waals surface area contributed by atoms with Gasteiger partial charge in [0.15, 0.2) is 0 Å². The summed E-state index contributed by atoms with van der Waals surface area (Å²) in [6.45, 7) is 1.10. The molecule has 1 saturated heterocycles. The Morgan fingerprint density at radius 3 is 2.60 bits per heavy atom. The monoisotopic (exact) mass is 399 g/mol. The summed E-state index contributed by atoms with van der Waals surface area (Å²) in [5, 5.41) is 16.3. The lowest BCUT2D eigenvalue weighted by molar-refractivity contribution is 0.0706. The number of nitrogens with one attached hydrogen (secondary N) is 1. The average Bonchev–Trinajstić information content (AvgIpc) is 3.29. The number of primary amides is 1. The van der Waals surface area contributed by atoms with Crippen LogP contribution in [-0.2, 0) is 0 Å². The van der Waals surface area contributed by atoms with Gasteiger partial charge in [-0.15, -0.1) is 0 Å². The van der Waals surface area contributed by atoms with Crippen molar-refractivity contribution in [3.8, 4) is 17.2 Å². The molecule has 7 nitrogen and oxygen atoms in total. The van der Waals surface area contributed by atoms with Crippen LogP contribution in [0, 0.1) is 11.3 Å². The molecule has 0 spiro atoms. The van der Waals surface area contributed by atoms with E-state index in [4.69, 9.17) is 5.73 Å². The molecule has 0 bridgehead atoms. The molecule has 3 aromatic rings. The molecule has 2 amide bonds. The van der Waals surface area contributed by atoms with Gasteiger partial charge in [-0.25, -0.2) is 0 Å². The average molecular weight is 399 g/mol. The maximum Gasteiger partial charge on any atom is 0.254 e. The number of aromatic amines is 1. The van der Waals surface area contributed by atoms with Crippen molar-refractivity contribution in [2.75, 3.05) is 13.1 Å². The molecular formula is C23H21N5O2. The second kappa shape index (κ2) is 8.21. The fourth-order valence-corrected chi connectivity index (χ4v) is 4.09. The van der Waals surface area contributed by atoms with Crippen LogP contribution in [0.3, 0.4) is 0 Å². The van der Waals surface area contributed by atoms with Crippen LogP contribution in [0.5, 0.6) is 0 Å². The first-order valence-corrected chi connectivity index (χ1v) is 9.81. The van der Waals surface area contributed by atoms with E-state index in [0.717, 1.165) is 24.0 Å². The number of likely N-dealkylation sites (tertiary alicyclic amines) is 1. The Balaban J connectivity index is 1.65. The lowest BCUT2D eigenvalue weighted by atomic mass is 9.91. The fourth-order valence-electron chi connectivity index (χ4n) is 4.09. The van der Waals surface area contributed by atoms with Crippen LogP contribution in [0.15, 0.2) is 54.7 Å². The number of rotatable bonds is 4. The highest BCUT2D eigenvalue weighted by Crippen LogP contribution is 2.31. The highest BCUT2D eigenvalue weighted by molar-refractivity contribution is 6.01. The molecule has 3 N–H and O–H groups in total. The molecule has 1 aromatic heterocycles. The topological polar surface area (TPSA) is 116 Å². The van der Waals surface area contributed by atoms with Crippen molar-refractivity contribution >= 4 is 11.8 Å². The number of nitrogens with two attached hydrogens (primary N) is 1. The number of nitrogens with zero attached hydrogens (tertiary/aromatic N) is 3. The largest absolute Gasteiger partial charge is 0.365 e. The zero-order valence-electron chi connectivity index (χ0n) is 16.3. The summed E-state index contributed by atoms with van der Waals surface area (Å²) in [7, 11) is 0. The summed E-state index contributed by atoms with van der Waals surface area (Å²) >= 11 is 0. The van der Waals surface area contributed by atoms with Crippen LogP contribution < -0.4 is 5.73 Å². The number of H-pyrrole nitrogens is 1. The number of amides is 2. The number of benzene rings is 2. The third-order valence-corrected chi connectivity index (χ3v) is 5.55. The first-order chi connectivity index (χ1) is 14.6. The van der Waals surface area contributed by atoms with E-state index < -0.39 is 5.91 Å². The minimum atomic E-state index is -0.527. The van der Waals surface area contributed by atoms with E-state index >= 15 is 0 Å². The summed E-state index contributed by atoms with van der Waals surface area (Å²) in [6.07, 6.45) is 3.09. The standard InChI is InChI=1S/C23H21N5O2/c24-12-15-6-1-2-8-17(15)18-9-3-4-10-19(18)23(30)28-11-5-7-16(14-28)21-20(22(25)29)13-26-27-21/h1-4,6,8-10,13,16H,5,7,11,14H2,(H2,25,29)(H,26,27)/t16-/m1/s1. The number of carbonyl (C=O) groups is 2. The molecule has 7 heteroatoms. The molecule has 4 rings (SSSR count). The molecular weight excluding hydrogens is 378 g/mol. The van der Waals surface area contributed by atoms with Crippen molar-refractivity contribution in [3.05, 3.63) is 77.1 Å². The van der Waals surface area contributed by atoms with Crippen LogP contribution in [0.25, 0.3) is 11.1 Å². The van der Waals surface area contributed by atoms with Crippen LogP contribution in [0.4, 0.5) is 0 Å². The first kappa shape index (κ1) is 19.4. The van der Waals surface area contributed by atoms with Crippen LogP contribution in [0.2, 0.25) is 0 Å². The molecule has 0 saturated carbocycles. The molecule has 1 atom stereocenters. The van der Waals surface area contributed by atoms with E-state index in [2.05, 4.69) is 16.3 Å². The van der Waals surface area contributed by atoms with E-state index in [1.165, 1.54) is 6.20 Å². The minimum Gasteiger partial charge on any atom is -0.365 e. The van der Waals surface area contributed by atoms with E-state index in [1.807, 2.05) is 36.4 Å². The van der Waals surface area contributed by atoms with Crippen molar-refractivity contribution in [1.82, 2.24) is 15.1 Å². The Kier molecular flexibility index (Phi) is 5.31. The van der Waals surface area contributed by atoms with E-state index in [9.17, 15) is 14.9 Å². The van der Waals surface area contributed by atoms with Gasteiger partial charge >= 0.3 is 0 Å². The molecule has 1 aliphatic heterocycles. The minimum absolute atomic E-state index is 0.0359. The van der Waals surface area contributed by atoms with Gasteiger partial charge in [-0.3, -0.25) is 14.7 Å². The number of piperidine rings is 1. The Morgan fingerprint density at radius 2 is 1.83 bits per heavy atom. The van der Waals surface area contributed by atoms with Crippen LogP contribution >= 0.6 is 0 Å². The maximum absolute atomic E-state index is 13.5. The van der Waals surface area contributed by atoms with Crippen LogP contribution in [0.1, 0.15) is 50.7 Å². The highest BCUT2D eigenvalue weighted by atomic mass is 16.2. The van der Waals surface area contributed by atoms with E-state index in [0.29, 0.717) is 35.5 Å². The van der Waals surface area contributed by atoms with Gasteiger partial charge in [-0.1, -0.05) is 36.4 Å². The fraction of sp³-hybridized carbons (Fsp3) is 0.217. The van der Waals surface area contributed by atoms with Gasteiger partial charge in [0.05, 0.1) is 29.1 Å². The van der Waals surface area contributed by atoms with E-state index in [1.54, 1.807) is 17.0 Å². The molecule has 150 valence electrons. The van der Waals surface area contributed by atoms with Crippen molar-refractivity contribution in [2.45, 2.75) is 18.8 Å². The van der Waals surface area contributed by atoms with Gasteiger partial charge in [0.2, 0.25) is 0 Å². The predicted octanol–water partition coefficient (Wildman–Crippen LogP) is 3.07. The summed E-state index contributed by atoms with van der Waals surface area (Å²) in [6, 6.07) is 16.8. The molecule has 2 heterocycles. The summed E-state index contributed by atoms with van der Waals surface area (Å²) in [4.78, 5) is 26.9. The van der Waals surface area contributed by atoms with Gasteiger partial charge in [0, 0.05) is 30.1 Å². The molecule has 1 aliphatic rings. The lowest BCUT2D eigenvalue weighted by Gasteiger charge is -2.33. The molecule has 0 aliphatic carbocycles. The second-order valence-corrected chi connectivity index (χ2v) is 7.35. The highest BCUT2D eigenvalue weighted by Gasteiger charge is 2.30. The van der Waals surface area contributed by atoms with Gasteiger partial charge in [-0.2, -0.15) is 10.4 Å². The SMILES string of the molecule is N#Cc1ccccc1-c1ccccc1C(=O)N1CCC[C@@H](c2[nH]ncc2C(N)=O)C1. The number of nitriles is 1. The van der Waals surface area contributed by atoms with Gasteiger partial charge in [0.25, 0.3) is 11.8 Å². The molecule has 0 radical (unpaired) electrons. The first-order valence-electron chi connectivity index (χ1n) is 9.81. The summed E-state index contributed by atoms with van der Waals surface area (Å²) < 4.78 is 0. The summed E-state index contributed by atoms with van der Waals surface area (Å²) in [5.41, 5.74) is 9.07. The smallest absolute Gasteiger partial charge is 0.254 e. The predicted molar refractivity (Wildman–Crippen MR) is 112 cm³/mol. The third-order valence-electron chi connectivity index (χ3n) is 5.55. The van der Waals surface area contributed by atoms with Crippen molar-refractivity contribution in [1.29, 1.82) is 5.26 Å². The number of carbonyl (C=O) groups excluding carboxylic acids is 2. The molecule has 0 unspecified atom stereocenters.